The highest BCUT2D eigenvalue weighted by atomic mass is 16.3. The van der Waals surface area contributed by atoms with Gasteiger partial charge in [-0.3, -0.25) is 9.59 Å². The fraction of sp³-hybridized carbons (Fsp3) is 0.300. The summed E-state index contributed by atoms with van der Waals surface area (Å²) in [7, 11) is 0. The lowest BCUT2D eigenvalue weighted by Gasteiger charge is -2.24. The molecule has 0 aliphatic heterocycles. The average Bonchev–Trinajstić information content (AvgIpc) is 2.71. The second-order valence-corrected chi connectivity index (χ2v) is 5.78. The quantitative estimate of drug-likeness (QED) is 0.670. The molecule has 25 heavy (non-hydrogen) atoms. The van der Waals surface area contributed by atoms with Crippen LogP contribution in [0.1, 0.15) is 34.1 Å². The number of hydrogen-bond acceptors (Lipinski definition) is 5. The molecule has 0 atom stereocenters. The summed E-state index contributed by atoms with van der Waals surface area (Å²) in [5.74, 6) is 0. The van der Waals surface area contributed by atoms with Gasteiger partial charge in [0.25, 0.3) is 0 Å². The van der Waals surface area contributed by atoms with Gasteiger partial charge in [0.15, 0.2) is 6.29 Å². The lowest BCUT2D eigenvalue weighted by Crippen LogP contribution is -2.32. The Morgan fingerprint density at radius 3 is 1.88 bits per heavy atom. The highest BCUT2D eigenvalue weighted by Gasteiger charge is 2.24. The summed E-state index contributed by atoms with van der Waals surface area (Å²) < 4.78 is 0. The summed E-state index contributed by atoms with van der Waals surface area (Å²) in [4.78, 5) is 21.6. The summed E-state index contributed by atoms with van der Waals surface area (Å²) in [6.45, 7) is 1.35. The zero-order chi connectivity index (χ0) is 18.7. The maximum Gasteiger partial charge on any atom is 0.150 e. The minimum atomic E-state index is -0.667. The molecule has 5 heteroatoms. The summed E-state index contributed by atoms with van der Waals surface area (Å²) in [5, 5.41) is 26.0. The van der Waals surface area contributed by atoms with Crippen LogP contribution < -0.4 is 0 Å². The summed E-state index contributed by atoms with van der Waals surface area (Å²) in [5.41, 5.74) is 2.23. The summed E-state index contributed by atoms with van der Waals surface area (Å²) >= 11 is 0. The Morgan fingerprint density at radius 1 is 0.880 bits per heavy atom. The molecule has 3 N–H and O–H groups in total. The van der Waals surface area contributed by atoms with Crippen molar-refractivity contribution in [2.24, 2.45) is 5.41 Å². The molecule has 2 aromatic rings. The fourth-order valence-corrected chi connectivity index (χ4v) is 2.10. The Morgan fingerprint density at radius 2 is 1.48 bits per heavy atom. The van der Waals surface area contributed by atoms with Crippen molar-refractivity contribution in [3.8, 4) is 11.1 Å². The fourth-order valence-electron chi connectivity index (χ4n) is 2.10. The Kier molecular flexibility index (Phi) is 8.70. The third-order valence-electron chi connectivity index (χ3n) is 4.18. The molecule has 0 amide bonds. The van der Waals surface area contributed by atoms with Gasteiger partial charge in [-0.25, -0.2) is 0 Å². The molecule has 5 nitrogen and oxygen atoms in total. The van der Waals surface area contributed by atoms with E-state index in [0.717, 1.165) is 23.7 Å². The first kappa shape index (κ1) is 20.7. The molecule has 134 valence electrons. The minimum absolute atomic E-state index is 0.156. The van der Waals surface area contributed by atoms with Crippen LogP contribution in [0.3, 0.4) is 0 Å². The lowest BCUT2D eigenvalue weighted by atomic mass is 9.88. The van der Waals surface area contributed by atoms with E-state index in [0.29, 0.717) is 17.5 Å². The van der Waals surface area contributed by atoms with E-state index in [-0.39, 0.29) is 19.8 Å². The highest BCUT2D eigenvalue weighted by Crippen LogP contribution is 2.23. The number of carbonyl (C=O) groups excluding carboxylic acids is 2. The van der Waals surface area contributed by atoms with Crippen LogP contribution in [0.25, 0.3) is 11.1 Å². The molecule has 0 unspecified atom stereocenters. The topological polar surface area (TPSA) is 94.8 Å². The molecule has 0 radical (unpaired) electrons. The smallest absolute Gasteiger partial charge is 0.150 e. The van der Waals surface area contributed by atoms with E-state index in [1.54, 1.807) is 18.2 Å². The minimum Gasteiger partial charge on any atom is -0.396 e. The number of rotatable bonds is 7. The van der Waals surface area contributed by atoms with Gasteiger partial charge in [-0.2, -0.15) is 0 Å². The van der Waals surface area contributed by atoms with Gasteiger partial charge in [-0.05, 0) is 23.6 Å². The molecule has 0 spiro atoms. The number of aldehydes is 2. The maximum absolute atomic E-state index is 10.9. The van der Waals surface area contributed by atoms with Crippen molar-refractivity contribution in [2.45, 2.75) is 13.3 Å². The average molecular weight is 344 g/mol. The molecule has 0 saturated heterocycles. The zero-order valence-electron chi connectivity index (χ0n) is 14.3. The van der Waals surface area contributed by atoms with E-state index in [1.165, 1.54) is 0 Å². The van der Waals surface area contributed by atoms with Gasteiger partial charge in [0.05, 0.1) is 19.8 Å². The van der Waals surface area contributed by atoms with Crippen molar-refractivity contribution in [1.82, 2.24) is 0 Å². The molecule has 0 aliphatic carbocycles. The van der Waals surface area contributed by atoms with Crippen LogP contribution in [-0.2, 0) is 0 Å². The van der Waals surface area contributed by atoms with E-state index in [4.69, 9.17) is 15.3 Å². The standard InChI is InChI=1S/C14H10O2.C6H14O3/c15-9-11-6-7-13(10-16)14(8-11)12-4-2-1-3-5-12;1-2-6(3-7,4-8)5-9/h1-10H;7-9H,2-5H2,1H3. The molecule has 0 bridgehead atoms. The third kappa shape index (κ3) is 5.60. The molecule has 0 heterocycles. The molecule has 0 fully saturated rings. The Bertz CT molecular complexity index is 646. The molecule has 2 aromatic carbocycles. The van der Waals surface area contributed by atoms with E-state index in [1.807, 2.05) is 37.3 Å². The van der Waals surface area contributed by atoms with E-state index < -0.39 is 5.41 Å². The SMILES string of the molecule is CCC(CO)(CO)CO.O=Cc1ccc(C=O)c(-c2ccccc2)c1. The van der Waals surface area contributed by atoms with Crippen LogP contribution in [0.15, 0.2) is 48.5 Å². The van der Waals surface area contributed by atoms with Crippen LogP contribution in [0.2, 0.25) is 0 Å². The number of benzene rings is 2. The van der Waals surface area contributed by atoms with Crippen molar-refractivity contribution in [3.63, 3.8) is 0 Å². The number of hydrogen-bond donors (Lipinski definition) is 3. The van der Waals surface area contributed by atoms with Crippen LogP contribution in [0, 0.1) is 5.41 Å². The number of aliphatic hydroxyl groups is 3. The van der Waals surface area contributed by atoms with Crippen molar-refractivity contribution < 1.29 is 24.9 Å². The van der Waals surface area contributed by atoms with Crippen LogP contribution in [0.4, 0.5) is 0 Å². The monoisotopic (exact) mass is 344 g/mol. The van der Waals surface area contributed by atoms with E-state index in [9.17, 15) is 9.59 Å². The molecule has 0 aromatic heterocycles. The molecule has 0 saturated carbocycles. The molecular formula is C20H24O5. The van der Waals surface area contributed by atoms with E-state index >= 15 is 0 Å². The first-order valence-electron chi connectivity index (χ1n) is 8.02. The van der Waals surface area contributed by atoms with Gasteiger partial charge in [0, 0.05) is 16.5 Å². The number of carbonyl (C=O) groups is 2. The first-order valence-corrected chi connectivity index (χ1v) is 8.02. The highest BCUT2D eigenvalue weighted by molar-refractivity contribution is 5.90. The van der Waals surface area contributed by atoms with Crippen molar-refractivity contribution in [2.75, 3.05) is 19.8 Å². The Balaban J connectivity index is 0.000000299. The predicted octanol–water partition coefficient (Wildman–Crippen LogP) is 2.34. The third-order valence-corrected chi connectivity index (χ3v) is 4.18. The zero-order valence-corrected chi connectivity index (χ0v) is 14.3. The van der Waals surface area contributed by atoms with Crippen LogP contribution in [-0.4, -0.2) is 47.7 Å². The van der Waals surface area contributed by atoms with Crippen molar-refractivity contribution >= 4 is 12.6 Å². The lowest BCUT2D eigenvalue weighted by molar-refractivity contribution is 0.00304. The van der Waals surface area contributed by atoms with Gasteiger partial charge < -0.3 is 15.3 Å². The second kappa shape index (κ2) is 10.5. The number of aliphatic hydroxyl groups excluding tert-OH is 3. The Labute approximate surface area is 147 Å². The van der Waals surface area contributed by atoms with Crippen LogP contribution in [0.5, 0.6) is 0 Å². The van der Waals surface area contributed by atoms with Gasteiger partial charge in [-0.1, -0.05) is 49.4 Å². The first-order chi connectivity index (χ1) is 12.1. The molecular weight excluding hydrogens is 320 g/mol. The summed E-state index contributed by atoms with van der Waals surface area (Å²) in [6, 6.07) is 14.6. The molecule has 2 rings (SSSR count). The van der Waals surface area contributed by atoms with Gasteiger partial charge in [0.2, 0.25) is 0 Å². The predicted molar refractivity (Wildman–Crippen MR) is 96.6 cm³/mol. The summed E-state index contributed by atoms with van der Waals surface area (Å²) in [6.07, 6.45) is 2.18. The second-order valence-electron chi connectivity index (χ2n) is 5.78. The maximum atomic E-state index is 10.9. The van der Waals surface area contributed by atoms with Crippen LogP contribution >= 0.6 is 0 Å². The van der Waals surface area contributed by atoms with Gasteiger partial charge in [0.1, 0.15) is 6.29 Å². The normalized spacial score (nSPS) is 10.6. The van der Waals surface area contributed by atoms with Gasteiger partial charge >= 0.3 is 0 Å². The van der Waals surface area contributed by atoms with Crippen molar-refractivity contribution in [1.29, 1.82) is 0 Å². The van der Waals surface area contributed by atoms with Gasteiger partial charge in [-0.15, -0.1) is 0 Å². The largest absolute Gasteiger partial charge is 0.396 e. The van der Waals surface area contributed by atoms with E-state index in [2.05, 4.69) is 0 Å². The molecule has 0 aliphatic rings. The van der Waals surface area contributed by atoms with Crippen molar-refractivity contribution in [3.05, 3.63) is 59.7 Å². The Hall–Kier alpha value is -2.34.